The number of nitrogens with zero attached hydrogens (tertiary/aromatic N) is 3. The van der Waals surface area contributed by atoms with Crippen LogP contribution in [0.25, 0.3) is 0 Å². The van der Waals surface area contributed by atoms with E-state index in [9.17, 15) is 4.39 Å². The molecular weight excluding hydrogens is 442 g/mol. The van der Waals surface area contributed by atoms with E-state index < -0.39 is 0 Å². The zero-order chi connectivity index (χ0) is 17.8. The fourth-order valence-corrected chi connectivity index (χ4v) is 3.96. The summed E-state index contributed by atoms with van der Waals surface area (Å²) in [6, 6.07) is 7.43. The summed E-state index contributed by atoms with van der Waals surface area (Å²) >= 11 is 0. The van der Waals surface area contributed by atoms with Crippen LogP contribution in [0.5, 0.6) is 0 Å². The molecule has 1 N–H and O–H groups in total. The average Bonchev–Trinajstić information content (AvgIpc) is 3.24. The van der Waals surface area contributed by atoms with E-state index >= 15 is 0 Å². The molecule has 1 saturated heterocycles. The summed E-state index contributed by atoms with van der Waals surface area (Å²) in [6.45, 7) is 9.98. The van der Waals surface area contributed by atoms with Crippen LogP contribution < -0.4 is 5.32 Å². The van der Waals surface area contributed by atoms with Crippen molar-refractivity contribution in [2.75, 3.05) is 39.8 Å². The number of rotatable bonds is 6. The Kier molecular flexibility index (Phi) is 8.13. The van der Waals surface area contributed by atoms with Crippen LogP contribution in [0.15, 0.2) is 29.3 Å². The molecule has 0 radical (unpaired) electrons. The molecule has 3 rings (SSSR count). The molecule has 1 aliphatic carbocycles. The van der Waals surface area contributed by atoms with Gasteiger partial charge in [-0.1, -0.05) is 32.0 Å². The fraction of sp³-hybridized carbons (Fsp3) is 0.650. The summed E-state index contributed by atoms with van der Waals surface area (Å²) in [5, 5.41) is 3.56. The van der Waals surface area contributed by atoms with Gasteiger partial charge >= 0.3 is 0 Å². The van der Waals surface area contributed by atoms with Crippen LogP contribution in [0.1, 0.15) is 38.2 Å². The first-order chi connectivity index (χ1) is 12.2. The molecule has 1 aliphatic heterocycles. The van der Waals surface area contributed by atoms with E-state index in [1.807, 2.05) is 19.2 Å². The normalized spacial score (nSPS) is 25.3. The summed E-state index contributed by atoms with van der Waals surface area (Å²) in [4.78, 5) is 9.34. The smallest absolute Gasteiger partial charge is 0.193 e. The quantitative estimate of drug-likeness (QED) is 0.389. The molecule has 3 unspecified atom stereocenters. The molecule has 0 amide bonds. The van der Waals surface area contributed by atoms with Crippen molar-refractivity contribution < 1.29 is 4.39 Å². The van der Waals surface area contributed by atoms with Gasteiger partial charge < -0.3 is 15.1 Å². The van der Waals surface area contributed by atoms with Gasteiger partial charge in [0.2, 0.25) is 0 Å². The first kappa shape index (κ1) is 21.4. The Hall–Kier alpha value is -0.890. The van der Waals surface area contributed by atoms with Gasteiger partial charge in [-0.25, -0.2) is 4.39 Å². The Morgan fingerprint density at radius 3 is 2.69 bits per heavy atom. The molecule has 4 nitrogen and oxygen atoms in total. The van der Waals surface area contributed by atoms with Crippen LogP contribution in [0.3, 0.4) is 0 Å². The van der Waals surface area contributed by atoms with Crippen LogP contribution in [0.2, 0.25) is 0 Å². The van der Waals surface area contributed by atoms with Crippen LogP contribution in [-0.4, -0.2) is 61.6 Å². The molecule has 0 bridgehead atoms. The third kappa shape index (κ3) is 5.09. The van der Waals surface area contributed by atoms with Crippen molar-refractivity contribution in [2.24, 2.45) is 10.9 Å². The maximum atomic E-state index is 13.9. The Morgan fingerprint density at radius 2 is 2.04 bits per heavy atom. The van der Waals surface area contributed by atoms with Crippen LogP contribution >= 0.6 is 24.0 Å². The summed E-state index contributed by atoms with van der Waals surface area (Å²) < 4.78 is 13.9. The van der Waals surface area contributed by atoms with Crippen molar-refractivity contribution in [2.45, 2.75) is 38.6 Å². The zero-order valence-corrected chi connectivity index (χ0v) is 18.4. The highest BCUT2D eigenvalue weighted by Crippen LogP contribution is 2.42. The van der Waals surface area contributed by atoms with Crippen molar-refractivity contribution >= 4 is 29.9 Å². The van der Waals surface area contributed by atoms with Crippen LogP contribution in [0.4, 0.5) is 4.39 Å². The van der Waals surface area contributed by atoms with Crippen molar-refractivity contribution in [3.05, 3.63) is 35.6 Å². The second kappa shape index (κ2) is 9.88. The maximum Gasteiger partial charge on any atom is 0.193 e. The van der Waals surface area contributed by atoms with Gasteiger partial charge in [0, 0.05) is 38.6 Å². The van der Waals surface area contributed by atoms with Gasteiger partial charge in [0.1, 0.15) is 5.82 Å². The minimum absolute atomic E-state index is 0. The molecule has 2 fully saturated rings. The Labute approximate surface area is 174 Å². The molecule has 2 aliphatic rings. The highest BCUT2D eigenvalue weighted by Gasteiger charge is 2.41. The van der Waals surface area contributed by atoms with Crippen LogP contribution in [0, 0.1) is 11.7 Å². The molecule has 26 heavy (non-hydrogen) atoms. The number of nitrogens with one attached hydrogen (secondary N) is 1. The largest absolute Gasteiger partial charge is 0.353 e. The van der Waals surface area contributed by atoms with E-state index in [1.165, 1.54) is 13.0 Å². The van der Waals surface area contributed by atoms with Crippen LogP contribution in [-0.2, 0) is 0 Å². The molecule has 1 saturated carbocycles. The van der Waals surface area contributed by atoms with Gasteiger partial charge in [-0.3, -0.25) is 4.99 Å². The lowest BCUT2D eigenvalue weighted by atomic mass is 10.1. The first-order valence-electron chi connectivity index (χ1n) is 9.61. The SMILES string of the molecule is CCN(CC)CC1CCN(C(=NC)NC2CC2c2ccccc2F)C1.I. The highest BCUT2D eigenvalue weighted by atomic mass is 127. The van der Waals surface area contributed by atoms with Gasteiger partial charge in [0.15, 0.2) is 5.96 Å². The van der Waals surface area contributed by atoms with Crippen molar-refractivity contribution in [1.29, 1.82) is 0 Å². The lowest BCUT2D eigenvalue weighted by molar-refractivity contribution is 0.255. The van der Waals surface area contributed by atoms with Gasteiger partial charge in [-0.2, -0.15) is 0 Å². The Bertz CT molecular complexity index is 605. The number of aliphatic imine (C=N–C) groups is 1. The highest BCUT2D eigenvalue weighted by molar-refractivity contribution is 14.0. The number of hydrogen-bond acceptors (Lipinski definition) is 2. The summed E-state index contributed by atoms with van der Waals surface area (Å²) in [5.41, 5.74) is 0.830. The molecule has 0 aromatic heterocycles. The second-order valence-electron chi connectivity index (χ2n) is 7.25. The number of benzene rings is 1. The monoisotopic (exact) mass is 474 g/mol. The molecule has 1 heterocycles. The van der Waals surface area contributed by atoms with Crippen molar-refractivity contribution in [3.8, 4) is 0 Å². The Morgan fingerprint density at radius 1 is 1.31 bits per heavy atom. The minimum atomic E-state index is -0.0905. The predicted molar refractivity (Wildman–Crippen MR) is 117 cm³/mol. The lowest BCUT2D eigenvalue weighted by Gasteiger charge is -2.24. The topological polar surface area (TPSA) is 30.9 Å². The van der Waals surface area contributed by atoms with Crippen molar-refractivity contribution in [1.82, 2.24) is 15.1 Å². The molecular formula is C20H32FIN4. The zero-order valence-electron chi connectivity index (χ0n) is 16.1. The van der Waals surface area contributed by atoms with E-state index in [0.29, 0.717) is 12.0 Å². The fourth-order valence-electron chi connectivity index (χ4n) is 3.96. The third-order valence-corrected chi connectivity index (χ3v) is 5.62. The molecule has 1 aromatic rings. The minimum Gasteiger partial charge on any atom is -0.353 e. The second-order valence-corrected chi connectivity index (χ2v) is 7.25. The summed E-state index contributed by atoms with van der Waals surface area (Å²) in [6.07, 6.45) is 2.20. The van der Waals surface area contributed by atoms with E-state index in [1.54, 1.807) is 12.1 Å². The van der Waals surface area contributed by atoms with Gasteiger partial charge in [0.05, 0.1) is 0 Å². The average molecular weight is 474 g/mol. The number of halogens is 2. The maximum absolute atomic E-state index is 13.9. The number of hydrogen-bond donors (Lipinski definition) is 1. The molecule has 1 aromatic carbocycles. The van der Waals surface area contributed by atoms with Crippen molar-refractivity contribution in [3.63, 3.8) is 0 Å². The van der Waals surface area contributed by atoms with E-state index in [4.69, 9.17) is 0 Å². The molecule has 146 valence electrons. The molecule has 6 heteroatoms. The third-order valence-electron chi connectivity index (χ3n) is 5.62. The number of likely N-dealkylation sites (tertiary alicyclic amines) is 1. The van der Waals surface area contributed by atoms with E-state index in [0.717, 1.165) is 44.1 Å². The summed E-state index contributed by atoms with van der Waals surface area (Å²) in [5.74, 6) is 1.87. The number of guanidine groups is 1. The van der Waals surface area contributed by atoms with Gasteiger partial charge in [-0.15, -0.1) is 24.0 Å². The summed E-state index contributed by atoms with van der Waals surface area (Å²) in [7, 11) is 1.85. The van der Waals surface area contributed by atoms with Gasteiger partial charge in [0.25, 0.3) is 0 Å². The Balaban J connectivity index is 0.00000243. The molecule has 3 atom stereocenters. The van der Waals surface area contributed by atoms with E-state index in [-0.39, 0.29) is 35.7 Å². The predicted octanol–water partition coefficient (Wildman–Crippen LogP) is 3.54. The lowest BCUT2D eigenvalue weighted by Crippen LogP contribution is -2.42. The van der Waals surface area contributed by atoms with Gasteiger partial charge in [-0.05, 0) is 43.5 Å². The molecule has 0 spiro atoms. The van der Waals surface area contributed by atoms with E-state index in [2.05, 4.69) is 34.0 Å². The standard InChI is InChI=1S/C20H31FN4.HI/c1-4-24(5-2)13-15-10-11-25(14-15)20(22-3)23-19-12-17(19)16-8-6-7-9-18(16)21;/h6-9,15,17,19H,4-5,10-14H2,1-3H3,(H,22,23);1H. The first-order valence-corrected chi connectivity index (χ1v) is 9.61.